The van der Waals surface area contributed by atoms with Crippen molar-refractivity contribution in [2.24, 2.45) is 5.92 Å². The smallest absolute Gasteiger partial charge is 0.255 e. The first-order valence-electron chi connectivity index (χ1n) is 13.2. The molecule has 1 aliphatic rings. The van der Waals surface area contributed by atoms with Gasteiger partial charge in [0, 0.05) is 37.5 Å². The van der Waals surface area contributed by atoms with Crippen LogP contribution in [0.5, 0.6) is 0 Å². The van der Waals surface area contributed by atoms with E-state index in [0.29, 0.717) is 49.7 Å². The van der Waals surface area contributed by atoms with E-state index in [1.54, 1.807) is 15.6 Å². The van der Waals surface area contributed by atoms with Crippen molar-refractivity contribution in [2.45, 2.75) is 58.7 Å². The second-order valence-electron chi connectivity index (χ2n) is 10.1. The number of nitrogens with one attached hydrogen (secondary N) is 2. The number of halogens is 1. The predicted octanol–water partition coefficient (Wildman–Crippen LogP) is 3.64. The molecule has 0 aliphatic carbocycles. The van der Waals surface area contributed by atoms with Gasteiger partial charge in [0.2, 0.25) is 11.8 Å². The van der Waals surface area contributed by atoms with Crippen molar-refractivity contribution in [3.05, 3.63) is 65.2 Å². The lowest BCUT2D eigenvalue weighted by Gasteiger charge is -2.26. The summed E-state index contributed by atoms with van der Waals surface area (Å²) in [5, 5.41) is 10.9. The van der Waals surface area contributed by atoms with Crippen LogP contribution in [0.15, 0.2) is 48.8 Å². The summed E-state index contributed by atoms with van der Waals surface area (Å²) >= 11 is 6.28. The fraction of sp³-hybridized carbons (Fsp3) is 0.429. The zero-order valence-electron chi connectivity index (χ0n) is 22.4. The Morgan fingerprint density at radius 3 is 2.59 bits per heavy atom. The van der Waals surface area contributed by atoms with Gasteiger partial charge in [0.05, 0.1) is 23.2 Å². The van der Waals surface area contributed by atoms with E-state index >= 15 is 0 Å². The number of nitrogens with zero attached hydrogens (tertiary/aromatic N) is 5. The van der Waals surface area contributed by atoms with Crippen LogP contribution in [0.3, 0.4) is 0 Å². The maximum Gasteiger partial charge on any atom is 0.255 e. The number of fused-ring (bicyclic) bond motifs is 1. The average molecular weight is 552 g/mol. The van der Waals surface area contributed by atoms with E-state index in [2.05, 4.69) is 15.6 Å². The van der Waals surface area contributed by atoms with E-state index in [4.69, 9.17) is 21.7 Å². The Morgan fingerprint density at radius 1 is 1.10 bits per heavy atom. The molecule has 1 aliphatic heterocycles. The van der Waals surface area contributed by atoms with Crippen LogP contribution in [0.1, 0.15) is 62.3 Å². The van der Waals surface area contributed by atoms with Gasteiger partial charge in [-0.15, -0.1) is 0 Å². The molecule has 0 bridgehead atoms. The molecule has 0 fully saturated rings. The number of carbonyl (C=O) groups excluding carboxylic acids is 3. The molecule has 206 valence electrons. The van der Waals surface area contributed by atoms with Gasteiger partial charge in [0.1, 0.15) is 11.9 Å². The first kappa shape index (κ1) is 28.2. The molecular formula is C28H34ClN7O3. The molecule has 2 N–H and O–H groups in total. The SMILES string of the molecule is CC(C)C[C@H]1NC(=O)CCCN(C(=O)c2ccncc2Cl)CCn2nc(-c3ccccc3)nc2[C@@H](C)NC1=O. The standard InChI is InChI=1S/C28H34ClN7O3/c1-18(2)16-23-27(38)31-19(3)26-33-25(20-8-5-4-6-9-20)34-36(26)15-14-35(13-7-10-24(37)32-23)28(39)21-11-12-30-17-22(21)29/h4-6,8-9,11-12,17-19,23H,7,10,13-16H2,1-3H3,(H,31,38)(H,32,37)/t19-,23-/m1/s1. The van der Waals surface area contributed by atoms with Crippen molar-refractivity contribution in [2.75, 3.05) is 13.1 Å². The highest BCUT2D eigenvalue weighted by Crippen LogP contribution is 2.21. The zero-order chi connectivity index (χ0) is 27.9. The Hall–Kier alpha value is -3.79. The van der Waals surface area contributed by atoms with Crippen molar-refractivity contribution in [3.63, 3.8) is 0 Å². The molecule has 0 spiro atoms. The van der Waals surface area contributed by atoms with Gasteiger partial charge in [0.25, 0.3) is 5.91 Å². The summed E-state index contributed by atoms with van der Waals surface area (Å²) in [5.74, 6) is 0.535. The largest absolute Gasteiger partial charge is 0.345 e. The summed E-state index contributed by atoms with van der Waals surface area (Å²) < 4.78 is 1.74. The maximum atomic E-state index is 13.5. The molecule has 2 aromatic heterocycles. The molecule has 3 aromatic rings. The highest BCUT2D eigenvalue weighted by Gasteiger charge is 2.27. The highest BCUT2D eigenvalue weighted by molar-refractivity contribution is 6.33. The van der Waals surface area contributed by atoms with Gasteiger partial charge in [-0.05, 0) is 31.7 Å². The van der Waals surface area contributed by atoms with Crippen LogP contribution >= 0.6 is 11.6 Å². The van der Waals surface area contributed by atoms with Crippen LogP contribution in [0.2, 0.25) is 5.02 Å². The van der Waals surface area contributed by atoms with E-state index < -0.39 is 12.1 Å². The lowest BCUT2D eigenvalue weighted by atomic mass is 10.0. The van der Waals surface area contributed by atoms with Crippen LogP contribution in [-0.4, -0.2) is 61.5 Å². The number of amides is 3. The minimum absolute atomic E-state index is 0.179. The fourth-order valence-electron chi connectivity index (χ4n) is 4.58. The number of pyridine rings is 1. The molecule has 3 heterocycles. The Labute approximate surface area is 233 Å². The molecule has 0 saturated heterocycles. The van der Waals surface area contributed by atoms with E-state index in [1.165, 1.54) is 12.4 Å². The lowest BCUT2D eigenvalue weighted by molar-refractivity contribution is -0.129. The number of hydrogen-bond donors (Lipinski definition) is 2. The van der Waals surface area contributed by atoms with Gasteiger partial charge in [0.15, 0.2) is 5.82 Å². The first-order chi connectivity index (χ1) is 18.7. The minimum Gasteiger partial charge on any atom is -0.345 e. The molecular weight excluding hydrogens is 518 g/mol. The highest BCUT2D eigenvalue weighted by atomic mass is 35.5. The van der Waals surface area contributed by atoms with Gasteiger partial charge >= 0.3 is 0 Å². The van der Waals surface area contributed by atoms with Crippen LogP contribution in [-0.2, 0) is 16.1 Å². The molecule has 3 amide bonds. The first-order valence-corrected chi connectivity index (χ1v) is 13.6. The molecule has 39 heavy (non-hydrogen) atoms. The van der Waals surface area contributed by atoms with Crippen LogP contribution in [0, 0.1) is 5.92 Å². The molecule has 11 heteroatoms. The van der Waals surface area contributed by atoms with Gasteiger partial charge in [-0.3, -0.25) is 19.4 Å². The number of benzene rings is 1. The molecule has 2 atom stereocenters. The normalized spacial score (nSPS) is 19.2. The Morgan fingerprint density at radius 2 is 1.87 bits per heavy atom. The van der Waals surface area contributed by atoms with Crippen LogP contribution in [0.25, 0.3) is 11.4 Å². The fourth-order valence-corrected chi connectivity index (χ4v) is 4.78. The van der Waals surface area contributed by atoms with Crippen LogP contribution in [0.4, 0.5) is 0 Å². The molecule has 1 aromatic carbocycles. The summed E-state index contributed by atoms with van der Waals surface area (Å²) in [5.41, 5.74) is 1.19. The predicted molar refractivity (Wildman–Crippen MR) is 148 cm³/mol. The van der Waals surface area contributed by atoms with Gasteiger partial charge in [-0.25, -0.2) is 9.67 Å². The van der Waals surface area contributed by atoms with E-state index in [9.17, 15) is 14.4 Å². The monoisotopic (exact) mass is 551 g/mol. The van der Waals surface area contributed by atoms with Crippen molar-refractivity contribution in [3.8, 4) is 11.4 Å². The summed E-state index contributed by atoms with van der Waals surface area (Å²) in [6, 6.07) is 10.0. The van der Waals surface area contributed by atoms with Crippen molar-refractivity contribution in [1.29, 1.82) is 0 Å². The molecule has 0 unspecified atom stereocenters. The number of carbonyl (C=O) groups is 3. The average Bonchev–Trinajstić information content (AvgIpc) is 3.34. The Bertz CT molecular complexity index is 1310. The summed E-state index contributed by atoms with van der Waals surface area (Å²) in [6.07, 6.45) is 4.06. The number of aromatic nitrogens is 4. The second kappa shape index (κ2) is 12.8. The number of rotatable bonds is 4. The maximum absolute atomic E-state index is 13.5. The number of hydrogen-bond acceptors (Lipinski definition) is 6. The molecule has 4 rings (SSSR count). The van der Waals surface area contributed by atoms with Gasteiger partial charge < -0.3 is 15.5 Å². The van der Waals surface area contributed by atoms with E-state index in [-0.39, 0.29) is 35.1 Å². The van der Waals surface area contributed by atoms with Crippen molar-refractivity contribution < 1.29 is 14.4 Å². The zero-order valence-corrected chi connectivity index (χ0v) is 23.2. The van der Waals surface area contributed by atoms with E-state index in [1.807, 2.05) is 51.1 Å². The quantitative estimate of drug-likeness (QED) is 0.510. The van der Waals surface area contributed by atoms with Crippen molar-refractivity contribution >= 4 is 29.3 Å². The summed E-state index contributed by atoms with van der Waals surface area (Å²) in [4.78, 5) is 49.9. The summed E-state index contributed by atoms with van der Waals surface area (Å²) in [6.45, 7) is 6.82. The third-order valence-electron chi connectivity index (χ3n) is 6.54. The lowest BCUT2D eigenvalue weighted by Crippen LogP contribution is -2.48. The molecule has 10 nitrogen and oxygen atoms in total. The molecule has 0 saturated carbocycles. The van der Waals surface area contributed by atoms with Crippen LogP contribution < -0.4 is 10.6 Å². The second-order valence-corrected chi connectivity index (χ2v) is 10.5. The topological polar surface area (TPSA) is 122 Å². The Balaban J connectivity index is 1.69. The van der Waals surface area contributed by atoms with E-state index in [0.717, 1.165) is 5.56 Å². The van der Waals surface area contributed by atoms with Gasteiger partial charge in [-0.2, -0.15) is 5.10 Å². The third-order valence-corrected chi connectivity index (χ3v) is 6.84. The third kappa shape index (κ3) is 7.20. The Kier molecular flexibility index (Phi) is 9.29. The summed E-state index contributed by atoms with van der Waals surface area (Å²) in [7, 11) is 0. The van der Waals surface area contributed by atoms with Gasteiger partial charge in [-0.1, -0.05) is 55.8 Å². The minimum atomic E-state index is -0.679. The molecule has 0 radical (unpaired) electrons. The van der Waals surface area contributed by atoms with Crippen molar-refractivity contribution in [1.82, 2.24) is 35.3 Å².